The maximum Gasteiger partial charge on any atom is 0.0408 e. The molecule has 2 nitrogen and oxygen atoms in total. The molecule has 21 heavy (non-hydrogen) atoms. The predicted molar refractivity (Wildman–Crippen MR) is 88.5 cm³/mol. The van der Waals surface area contributed by atoms with E-state index in [1.165, 1.54) is 11.1 Å². The van der Waals surface area contributed by atoms with Crippen LogP contribution in [0.15, 0.2) is 54.6 Å². The Bertz CT molecular complexity index is 585. The molecule has 0 bridgehead atoms. The van der Waals surface area contributed by atoms with Crippen LogP contribution in [0.2, 0.25) is 5.02 Å². The number of nitrogens with two attached hydrogens (primary N) is 1. The minimum Gasteiger partial charge on any atom is -0.327 e. The fourth-order valence-electron chi connectivity index (χ4n) is 3.21. The molecule has 1 aliphatic heterocycles. The summed E-state index contributed by atoms with van der Waals surface area (Å²) >= 11 is 6.12. The summed E-state index contributed by atoms with van der Waals surface area (Å²) in [5.74, 6) is 0.469. The zero-order valence-electron chi connectivity index (χ0n) is 12.1. The largest absolute Gasteiger partial charge is 0.327 e. The van der Waals surface area contributed by atoms with Gasteiger partial charge in [0.1, 0.15) is 0 Å². The predicted octanol–water partition coefficient (Wildman–Crippen LogP) is 3.66. The van der Waals surface area contributed by atoms with E-state index >= 15 is 0 Å². The zero-order valence-corrected chi connectivity index (χ0v) is 12.8. The van der Waals surface area contributed by atoms with E-state index in [0.717, 1.165) is 31.1 Å². The lowest BCUT2D eigenvalue weighted by molar-refractivity contribution is 0.181. The van der Waals surface area contributed by atoms with Crippen LogP contribution >= 0.6 is 11.6 Å². The summed E-state index contributed by atoms with van der Waals surface area (Å²) in [6.45, 7) is 2.97. The maximum absolute atomic E-state index is 6.27. The maximum atomic E-state index is 6.27. The second-order valence-electron chi connectivity index (χ2n) is 5.93. The molecule has 2 aromatic rings. The molecule has 0 aromatic heterocycles. The smallest absolute Gasteiger partial charge is 0.0408 e. The molecule has 1 aliphatic rings. The number of benzene rings is 2. The lowest BCUT2D eigenvalue weighted by atomic mass is 9.88. The third-order valence-corrected chi connectivity index (χ3v) is 4.36. The first-order chi connectivity index (χ1) is 10.2. The number of nitrogens with zero attached hydrogens (tertiary/aromatic N) is 1. The molecule has 0 spiro atoms. The van der Waals surface area contributed by atoms with Gasteiger partial charge in [0.2, 0.25) is 0 Å². The average Bonchev–Trinajstić information content (AvgIpc) is 2.48. The van der Waals surface area contributed by atoms with Crippen molar-refractivity contribution in [3.63, 3.8) is 0 Å². The first-order valence-electron chi connectivity index (χ1n) is 7.48. The third kappa shape index (κ3) is 3.85. The molecule has 1 saturated heterocycles. The van der Waals surface area contributed by atoms with Gasteiger partial charge in [0.15, 0.2) is 0 Å². The van der Waals surface area contributed by atoms with Gasteiger partial charge in [-0.25, -0.2) is 0 Å². The van der Waals surface area contributed by atoms with Crippen LogP contribution in [0.5, 0.6) is 0 Å². The Balaban J connectivity index is 1.72. The highest BCUT2D eigenvalue weighted by molar-refractivity contribution is 6.30. The average molecular weight is 301 g/mol. The molecule has 2 unspecified atom stereocenters. The number of halogens is 1. The Morgan fingerprint density at radius 1 is 1.05 bits per heavy atom. The van der Waals surface area contributed by atoms with Crippen LogP contribution in [-0.4, -0.2) is 24.0 Å². The van der Waals surface area contributed by atoms with Gasteiger partial charge in [0.05, 0.1) is 0 Å². The summed E-state index contributed by atoms with van der Waals surface area (Å²) in [4.78, 5) is 2.45. The van der Waals surface area contributed by atoms with Crippen molar-refractivity contribution in [2.24, 2.45) is 5.73 Å². The fourth-order valence-corrected chi connectivity index (χ4v) is 3.40. The molecule has 3 heteroatoms. The van der Waals surface area contributed by atoms with Crippen molar-refractivity contribution in [2.45, 2.75) is 24.9 Å². The molecule has 1 fully saturated rings. The molecule has 2 atom stereocenters. The van der Waals surface area contributed by atoms with Crippen molar-refractivity contribution in [1.82, 2.24) is 4.90 Å². The topological polar surface area (TPSA) is 29.3 Å². The van der Waals surface area contributed by atoms with Crippen LogP contribution in [0.3, 0.4) is 0 Å². The lowest BCUT2D eigenvalue weighted by Gasteiger charge is -2.36. The number of hydrogen-bond acceptors (Lipinski definition) is 2. The van der Waals surface area contributed by atoms with E-state index in [1.54, 1.807) is 0 Å². The van der Waals surface area contributed by atoms with Crippen LogP contribution in [0.25, 0.3) is 0 Å². The molecule has 0 radical (unpaired) electrons. The van der Waals surface area contributed by atoms with Gasteiger partial charge >= 0.3 is 0 Å². The van der Waals surface area contributed by atoms with E-state index in [2.05, 4.69) is 47.4 Å². The van der Waals surface area contributed by atoms with E-state index in [0.29, 0.717) is 5.92 Å². The molecular weight excluding hydrogens is 280 g/mol. The van der Waals surface area contributed by atoms with Crippen molar-refractivity contribution >= 4 is 11.6 Å². The quantitative estimate of drug-likeness (QED) is 0.937. The van der Waals surface area contributed by atoms with Crippen LogP contribution < -0.4 is 5.73 Å². The minimum absolute atomic E-state index is 0.228. The van der Waals surface area contributed by atoms with Gasteiger partial charge in [0, 0.05) is 30.7 Å². The Morgan fingerprint density at radius 3 is 2.62 bits per heavy atom. The van der Waals surface area contributed by atoms with Crippen LogP contribution in [0, 0.1) is 0 Å². The highest BCUT2D eigenvalue weighted by Crippen LogP contribution is 2.28. The van der Waals surface area contributed by atoms with E-state index < -0.39 is 0 Å². The Labute approximate surface area is 131 Å². The Kier molecular flexibility index (Phi) is 4.59. The van der Waals surface area contributed by atoms with E-state index in [4.69, 9.17) is 17.3 Å². The number of hydrogen-bond donors (Lipinski definition) is 1. The van der Waals surface area contributed by atoms with E-state index in [-0.39, 0.29) is 6.04 Å². The first kappa shape index (κ1) is 14.6. The summed E-state index contributed by atoms with van der Waals surface area (Å²) in [6, 6.07) is 19.0. The molecule has 3 rings (SSSR count). The van der Waals surface area contributed by atoms with Gasteiger partial charge < -0.3 is 5.73 Å². The SMILES string of the molecule is NC1CC(c2cccc(Cl)c2)CN(Cc2ccccc2)C1. The molecule has 110 valence electrons. The molecule has 1 heterocycles. The van der Waals surface area contributed by atoms with Gasteiger partial charge in [0.25, 0.3) is 0 Å². The van der Waals surface area contributed by atoms with Crippen molar-refractivity contribution in [2.75, 3.05) is 13.1 Å². The number of likely N-dealkylation sites (tertiary alicyclic amines) is 1. The first-order valence-corrected chi connectivity index (χ1v) is 7.86. The summed E-state index contributed by atoms with van der Waals surface area (Å²) in [5, 5.41) is 0.807. The Morgan fingerprint density at radius 2 is 1.86 bits per heavy atom. The van der Waals surface area contributed by atoms with Gasteiger partial charge in [-0.3, -0.25) is 4.90 Å². The van der Waals surface area contributed by atoms with Gasteiger partial charge in [-0.05, 0) is 35.6 Å². The lowest BCUT2D eigenvalue weighted by Crippen LogP contribution is -2.45. The van der Waals surface area contributed by atoms with Crippen LogP contribution in [0.4, 0.5) is 0 Å². The number of piperidine rings is 1. The molecule has 2 aromatic carbocycles. The zero-order chi connectivity index (χ0) is 14.7. The van der Waals surface area contributed by atoms with Crippen LogP contribution in [0.1, 0.15) is 23.5 Å². The number of rotatable bonds is 3. The highest BCUT2D eigenvalue weighted by atomic mass is 35.5. The third-order valence-electron chi connectivity index (χ3n) is 4.13. The second-order valence-corrected chi connectivity index (χ2v) is 6.36. The van der Waals surface area contributed by atoms with Crippen molar-refractivity contribution < 1.29 is 0 Å². The standard InChI is InChI=1S/C18H21ClN2/c19-17-8-4-7-15(9-17)16-10-18(20)13-21(12-16)11-14-5-2-1-3-6-14/h1-9,16,18H,10-13,20H2. The van der Waals surface area contributed by atoms with Crippen LogP contribution in [-0.2, 0) is 6.54 Å². The van der Waals surface area contributed by atoms with Crippen molar-refractivity contribution in [3.8, 4) is 0 Å². The molecular formula is C18H21ClN2. The van der Waals surface area contributed by atoms with Crippen molar-refractivity contribution in [1.29, 1.82) is 0 Å². The molecule has 0 amide bonds. The summed E-state index contributed by atoms with van der Waals surface area (Å²) in [5.41, 5.74) is 8.92. The van der Waals surface area contributed by atoms with Gasteiger partial charge in [-0.15, -0.1) is 0 Å². The van der Waals surface area contributed by atoms with Gasteiger partial charge in [-0.1, -0.05) is 54.1 Å². The summed E-state index contributed by atoms with van der Waals surface area (Å²) in [6.07, 6.45) is 1.03. The molecule has 0 saturated carbocycles. The monoisotopic (exact) mass is 300 g/mol. The minimum atomic E-state index is 0.228. The van der Waals surface area contributed by atoms with E-state index in [9.17, 15) is 0 Å². The van der Waals surface area contributed by atoms with Gasteiger partial charge in [-0.2, -0.15) is 0 Å². The fraction of sp³-hybridized carbons (Fsp3) is 0.333. The second kappa shape index (κ2) is 6.61. The van der Waals surface area contributed by atoms with Crippen molar-refractivity contribution in [3.05, 3.63) is 70.7 Å². The van der Waals surface area contributed by atoms with E-state index in [1.807, 2.05) is 12.1 Å². The summed E-state index contributed by atoms with van der Waals surface area (Å²) < 4.78 is 0. The normalized spacial score (nSPS) is 23.1. The Hall–Kier alpha value is -1.35. The highest BCUT2D eigenvalue weighted by Gasteiger charge is 2.26. The molecule has 2 N–H and O–H groups in total. The molecule has 0 aliphatic carbocycles. The summed E-state index contributed by atoms with van der Waals surface area (Å²) in [7, 11) is 0.